The van der Waals surface area contributed by atoms with Gasteiger partial charge in [0.2, 0.25) is 0 Å². The number of carbonyl (C=O) groups is 2. The number of hydrogen-bond acceptors (Lipinski definition) is 4. The van der Waals surface area contributed by atoms with E-state index in [0.29, 0.717) is 23.5 Å². The second-order valence-electron chi connectivity index (χ2n) is 6.04. The Balaban J connectivity index is 2.22. The van der Waals surface area contributed by atoms with E-state index in [1.165, 1.54) is 35.2 Å². The Bertz CT molecular complexity index is 879. The third kappa shape index (κ3) is 5.82. The third-order valence-electron chi connectivity index (χ3n) is 3.73. The van der Waals surface area contributed by atoms with Crippen molar-refractivity contribution in [3.05, 3.63) is 64.4 Å². The molecule has 0 N–H and O–H groups in total. The van der Waals surface area contributed by atoms with Crippen molar-refractivity contribution in [3.8, 4) is 11.5 Å². The van der Waals surface area contributed by atoms with Crippen molar-refractivity contribution >= 4 is 29.4 Å². The normalized spacial score (nSPS) is 10.8. The zero-order valence-electron chi connectivity index (χ0n) is 15.9. The molecule has 0 unspecified atom stereocenters. The summed E-state index contributed by atoms with van der Waals surface area (Å²) < 4.78 is 24.1. The topological polar surface area (TPSA) is 55.8 Å². The fraction of sp³-hybridized carbons (Fsp3) is 0.238. The molecule has 148 valence electrons. The molecule has 0 atom stereocenters. The predicted molar refractivity (Wildman–Crippen MR) is 107 cm³/mol. The number of ketones is 1. The highest BCUT2D eigenvalue weighted by molar-refractivity contribution is 6.32. The van der Waals surface area contributed by atoms with E-state index in [1.54, 1.807) is 32.3 Å². The highest BCUT2D eigenvalue weighted by Crippen LogP contribution is 2.37. The molecule has 0 aliphatic carbocycles. The van der Waals surface area contributed by atoms with E-state index >= 15 is 0 Å². The van der Waals surface area contributed by atoms with Crippen LogP contribution in [0.2, 0.25) is 5.02 Å². The van der Waals surface area contributed by atoms with Crippen molar-refractivity contribution in [2.75, 3.05) is 27.3 Å². The van der Waals surface area contributed by atoms with Crippen LogP contribution in [-0.4, -0.2) is 43.9 Å². The summed E-state index contributed by atoms with van der Waals surface area (Å²) in [5.41, 5.74) is 0.992. The first-order valence-electron chi connectivity index (χ1n) is 8.59. The fourth-order valence-electron chi connectivity index (χ4n) is 2.23. The molecule has 0 spiro atoms. The molecule has 0 heterocycles. The standard InChI is InChI=1S/C21H21ClFNO4/c1-4-27-19-12-14(5-10-18(25)15-6-8-16(23)9-7-15)11-17(22)21(19)28-13-20(26)24(2)3/h5-12H,4,13H2,1-3H3/b10-5+. The summed E-state index contributed by atoms with van der Waals surface area (Å²) in [5.74, 6) is -0.258. The molecule has 28 heavy (non-hydrogen) atoms. The summed E-state index contributed by atoms with van der Waals surface area (Å²) in [4.78, 5) is 25.3. The van der Waals surface area contributed by atoms with Crippen molar-refractivity contribution in [2.24, 2.45) is 0 Å². The van der Waals surface area contributed by atoms with Crippen molar-refractivity contribution < 1.29 is 23.5 Å². The van der Waals surface area contributed by atoms with Crippen LogP contribution in [0.4, 0.5) is 4.39 Å². The molecule has 0 aliphatic rings. The summed E-state index contributed by atoms with van der Waals surface area (Å²) in [5, 5.41) is 0.256. The second-order valence-corrected chi connectivity index (χ2v) is 6.45. The maximum atomic E-state index is 13.0. The van der Waals surface area contributed by atoms with E-state index in [2.05, 4.69) is 0 Å². The highest BCUT2D eigenvalue weighted by Gasteiger charge is 2.14. The monoisotopic (exact) mass is 405 g/mol. The van der Waals surface area contributed by atoms with Crippen molar-refractivity contribution in [1.29, 1.82) is 0 Å². The predicted octanol–water partition coefficient (Wildman–Crippen LogP) is 4.24. The van der Waals surface area contributed by atoms with Crippen LogP contribution in [0.15, 0.2) is 42.5 Å². The lowest BCUT2D eigenvalue weighted by atomic mass is 10.1. The van der Waals surface area contributed by atoms with E-state index in [4.69, 9.17) is 21.1 Å². The summed E-state index contributed by atoms with van der Waals surface area (Å²) in [6, 6.07) is 8.56. The fourth-order valence-corrected chi connectivity index (χ4v) is 2.51. The van der Waals surface area contributed by atoms with Crippen LogP contribution in [0.25, 0.3) is 6.08 Å². The van der Waals surface area contributed by atoms with Gasteiger partial charge in [0.1, 0.15) is 5.82 Å². The first kappa shape index (κ1) is 21.4. The van der Waals surface area contributed by atoms with Gasteiger partial charge in [0.15, 0.2) is 23.9 Å². The Morgan fingerprint density at radius 2 is 1.82 bits per heavy atom. The number of carbonyl (C=O) groups excluding carboxylic acids is 2. The van der Waals surface area contributed by atoms with Gasteiger partial charge in [-0.05, 0) is 55.0 Å². The van der Waals surface area contributed by atoms with Crippen LogP contribution in [0.1, 0.15) is 22.8 Å². The minimum Gasteiger partial charge on any atom is -0.490 e. The second kappa shape index (κ2) is 9.90. The largest absolute Gasteiger partial charge is 0.490 e. The molecule has 0 aliphatic heterocycles. The Kier molecular flexibility index (Phi) is 7.58. The van der Waals surface area contributed by atoms with Gasteiger partial charge in [-0.3, -0.25) is 9.59 Å². The number of nitrogens with zero attached hydrogens (tertiary/aromatic N) is 1. The van der Waals surface area contributed by atoms with E-state index in [9.17, 15) is 14.0 Å². The molecule has 2 aromatic carbocycles. The van der Waals surface area contributed by atoms with Crippen molar-refractivity contribution in [2.45, 2.75) is 6.92 Å². The van der Waals surface area contributed by atoms with Gasteiger partial charge in [0.25, 0.3) is 5.91 Å². The van der Waals surface area contributed by atoms with Gasteiger partial charge in [-0.15, -0.1) is 0 Å². The highest BCUT2D eigenvalue weighted by atomic mass is 35.5. The summed E-state index contributed by atoms with van der Waals surface area (Å²) >= 11 is 6.29. The maximum Gasteiger partial charge on any atom is 0.259 e. The van der Waals surface area contributed by atoms with Gasteiger partial charge in [-0.1, -0.05) is 17.7 Å². The Morgan fingerprint density at radius 1 is 1.14 bits per heavy atom. The van der Waals surface area contributed by atoms with Crippen LogP contribution in [0.3, 0.4) is 0 Å². The van der Waals surface area contributed by atoms with Gasteiger partial charge in [0.05, 0.1) is 11.6 Å². The van der Waals surface area contributed by atoms with Gasteiger partial charge in [0, 0.05) is 19.7 Å². The lowest BCUT2D eigenvalue weighted by molar-refractivity contribution is -0.130. The zero-order valence-corrected chi connectivity index (χ0v) is 16.6. The number of amides is 1. The smallest absolute Gasteiger partial charge is 0.259 e. The minimum absolute atomic E-state index is 0.176. The quantitative estimate of drug-likeness (QED) is 0.487. The molecule has 0 fully saturated rings. The number of benzene rings is 2. The molecule has 7 heteroatoms. The summed E-state index contributed by atoms with van der Waals surface area (Å²) in [6.45, 7) is 2.00. The first-order valence-corrected chi connectivity index (χ1v) is 8.97. The van der Waals surface area contributed by atoms with E-state index < -0.39 is 5.82 Å². The molecule has 2 rings (SSSR count). The number of allylic oxidation sites excluding steroid dienone is 1. The number of hydrogen-bond donors (Lipinski definition) is 0. The molecular weight excluding hydrogens is 385 g/mol. The van der Waals surface area contributed by atoms with Crippen LogP contribution in [0.5, 0.6) is 11.5 Å². The average molecular weight is 406 g/mol. The zero-order chi connectivity index (χ0) is 20.7. The number of ether oxygens (including phenoxy) is 2. The molecule has 0 aromatic heterocycles. The molecule has 0 radical (unpaired) electrons. The summed E-state index contributed by atoms with van der Waals surface area (Å²) in [7, 11) is 3.26. The van der Waals surface area contributed by atoms with Gasteiger partial charge >= 0.3 is 0 Å². The number of likely N-dealkylation sites (N-methyl/N-ethyl adjacent to an activating group) is 1. The molecule has 0 bridgehead atoms. The lowest BCUT2D eigenvalue weighted by Crippen LogP contribution is -2.27. The van der Waals surface area contributed by atoms with Crippen LogP contribution in [0, 0.1) is 5.82 Å². The average Bonchev–Trinajstić information content (AvgIpc) is 2.66. The number of rotatable bonds is 8. The molecule has 5 nitrogen and oxygen atoms in total. The van der Waals surface area contributed by atoms with Gasteiger partial charge < -0.3 is 14.4 Å². The Hall–Kier alpha value is -2.86. The van der Waals surface area contributed by atoms with E-state index in [0.717, 1.165) is 0 Å². The Labute approximate surface area is 168 Å². The SMILES string of the molecule is CCOc1cc(/C=C/C(=O)c2ccc(F)cc2)cc(Cl)c1OCC(=O)N(C)C. The molecule has 0 saturated heterocycles. The van der Waals surface area contributed by atoms with Crippen molar-refractivity contribution in [3.63, 3.8) is 0 Å². The maximum absolute atomic E-state index is 13.0. The summed E-state index contributed by atoms with van der Waals surface area (Å²) in [6.07, 6.45) is 2.94. The third-order valence-corrected chi connectivity index (χ3v) is 4.01. The van der Waals surface area contributed by atoms with Gasteiger partial charge in [-0.25, -0.2) is 4.39 Å². The van der Waals surface area contributed by atoms with Crippen molar-refractivity contribution in [1.82, 2.24) is 4.90 Å². The van der Waals surface area contributed by atoms with E-state index in [1.807, 2.05) is 6.92 Å². The van der Waals surface area contributed by atoms with Crippen LogP contribution < -0.4 is 9.47 Å². The lowest BCUT2D eigenvalue weighted by Gasteiger charge is -2.16. The molecule has 1 amide bonds. The van der Waals surface area contributed by atoms with Gasteiger partial charge in [-0.2, -0.15) is 0 Å². The molecular formula is C21H21ClFNO4. The number of halogens is 2. The minimum atomic E-state index is -0.406. The first-order chi connectivity index (χ1) is 13.3. The van der Waals surface area contributed by atoms with Crippen LogP contribution in [-0.2, 0) is 4.79 Å². The Morgan fingerprint density at radius 3 is 2.43 bits per heavy atom. The molecule has 2 aromatic rings. The van der Waals surface area contributed by atoms with Crippen LogP contribution >= 0.6 is 11.6 Å². The van der Waals surface area contributed by atoms with E-state index in [-0.39, 0.29) is 29.1 Å². The molecule has 0 saturated carbocycles.